The quantitative estimate of drug-likeness (QED) is 0.826. The highest BCUT2D eigenvalue weighted by Gasteiger charge is 2.07. The first kappa shape index (κ1) is 12.6. The summed E-state index contributed by atoms with van der Waals surface area (Å²) in [6.45, 7) is 6.57. The molecule has 0 saturated heterocycles. The Bertz CT molecular complexity index is 281. The van der Waals surface area contributed by atoms with Gasteiger partial charge in [0, 0.05) is 17.0 Å². The van der Waals surface area contributed by atoms with Gasteiger partial charge in [-0.05, 0) is 18.9 Å². The predicted molar refractivity (Wildman–Crippen MR) is 70.3 cm³/mol. The Kier molecular flexibility index (Phi) is 5.20. The zero-order valence-electron chi connectivity index (χ0n) is 9.86. The van der Waals surface area contributed by atoms with Crippen molar-refractivity contribution in [3.8, 4) is 0 Å². The lowest BCUT2D eigenvalue weighted by Crippen LogP contribution is -2.14. The van der Waals surface area contributed by atoms with E-state index < -0.39 is 0 Å². The fourth-order valence-electron chi connectivity index (χ4n) is 1.30. The van der Waals surface area contributed by atoms with Gasteiger partial charge in [0.1, 0.15) is 0 Å². The van der Waals surface area contributed by atoms with Gasteiger partial charge in [-0.1, -0.05) is 43.7 Å². The van der Waals surface area contributed by atoms with Crippen molar-refractivity contribution in [1.82, 2.24) is 0 Å². The molecule has 2 unspecified atom stereocenters. The Balaban J connectivity index is 2.46. The van der Waals surface area contributed by atoms with Crippen LogP contribution in [0.2, 0.25) is 0 Å². The molecule has 2 heteroatoms. The van der Waals surface area contributed by atoms with Gasteiger partial charge >= 0.3 is 0 Å². The van der Waals surface area contributed by atoms with Crippen molar-refractivity contribution in [3.05, 3.63) is 35.4 Å². The van der Waals surface area contributed by atoms with Gasteiger partial charge in [-0.3, -0.25) is 0 Å². The van der Waals surface area contributed by atoms with Crippen molar-refractivity contribution in [2.75, 3.05) is 5.75 Å². The fourth-order valence-corrected chi connectivity index (χ4v) is 2.26. The molecule has 0 aliphatic rings. The van der Waals surface area contributed by atoms with Crippen LogP contribution in [0.15, 0.2) is 24.3 Å². The van der Waals surface area contributed by atoms with E-state index in [1.807, 2.05) is 11.8 Å². The normalized spacial score (nSPS) is 14.9. The molecular weight excluding hydrogens is 202 g/mol. The topological polar surface area (TPSA) is 26.0 Å². The molecule has 0 amide bonds. The zero-order chi connectivity index (χ0) is 11.3. The molecule has 2 atom stereocenters. The Hall–Kier alpha value is -0.470. The van der Waals surface area contributed by atoms with Gasteiger partial charge in [0.05, 0.1) is 0 Å². The molecule has 1 nitrogen and oxygen atoms in total. The Labute approximate surface area is 97.4 Å². The maximum atomic E-state index is 6.13. The van der Waals surface area contributed by atoms with Crippen LogP contribution in [0.1, 0.15) is 37.4 Å². The summed E-state index contributed by atoms with van der Waals surface area (Å²) in [4.78, 5) is 0. The molecule has 0 aliphatic carbocycles. The molecule has 0 spiro atoms. The van der Waals surface area contributed by atoms with E-state index in [1.54, 1.807) is 0 Å². The molecule has 0 aliphatic heterocycles. The smallest absolute Gasteiger partial charge is 0.0386 e. The summed E-state index contributed by atoms with van der Waals surface area (Å²) in [7, 11) is 0. The van der Waals surface area contributed by atoms with Gasteiger partial charge in [-0.25, -0.2) is 0 Å². The third-order valence-electron chi connectivity index (χ3n) is 2.64. The highest BCUT2D eigenvalue weighted by molar-refractivity contribution is 7.99. The molecule has 0 aromatic heterocycles. The van der Waals surface area contributed by atoms with E-state index in [0.717, 1.165) is 5.75 Å². The van der Waals surface area contributed by atoms with Gasteiger partial charge in [0.25, 0.3) is 0 Å². The maximum absolute atomic E-state index is 6.13. The summed E-state index contributed by atoms with van der Waals surface area (Å²) >= 11 is 1.96. The summed E-state index contributed by atoms with van der Waals surface area (Å²) in [6, 6.07) is 8.70. The second-order valence-electron chi connectivity index (χ2n) is 4.07. The van der Waals surface area contributed by atoms with Crippen LogP contribution in [0.25, 0.3) is 0 Å². The number of hydrogen-bond donors (Lipinski definition) is 1. The van der Waals surface area contributed by atoms with E-state index in [0.29, 0.717) is 5.25 Å². The van der Waals surface area contributed by atoms with Crippen molar-refractivity contribution in [2.45, 2.75) is 38.5 Å². The van der Waals surface area contributed by atoms with E-state index in [1.165, 1.54) is 17.5 Å². The number of benzene rings is 1. The second-order valence-corrected chi connectivity index (χ2v) is 5.54. The molecule has 1 aromatic rings. The van der Waals surface area contributed by atoms with Gasteiger partial charge < -0.3 is 5.73 Å². The average Bonchev–Trinajstić information content (AvgIpc) is 2.26. The maximum Gasteiger partial charge on any atom is 0.0386 e. The van der Waals surface area contributed by atoms with Crippen molar-refractivity contribution in [1.29, 1.82) is 0 Å². The van der Waals surface area contributed by atoms with Gasteiger partial charge in [0.15, 0.2) is 0 Å². The fraction of sp³-hybridized carbons (Fsp3) is 0.538. The average molecular weight is 223 g/mol. The van der Waals surface area contributed by atoms with E-state index in [-0.39, 0.29) is 6.04 Å². The van der Waals surface area contributed by atoms with Gasteiger partial charge in [-0.15, -0.1) is 0 Å². The van der Waals surface area contributed by atoms with Crippen molar-refractivity contribution in [2.24, 2.45) is 5.73 Å². The summed E-state index contributed by atoms with van der Waals surface area (Å²) in [6.07, 6.45) is 1.21. The monoisotopic (exact) mass is 223 g/mol. The van der Waals surface area contributed by atoms with Crippen LogP contribution in [0.3, 0.4) is 0 Å². The van der Waals surface area contributed by atoms with Crippen LogP contribution < -0.4 is 5.73 Å². The molecular formula is C13H21NS. The number of thioether (sulfide) groups is 1. The van der Waals surface area contributed by atoms with E-state index >= 15 is 0 Å². The van der Waals surface area contributed by atoms with Crippen LogP contribution in [0, 0.1) is 6.92 Å². The minimum Gasteiger partial charge on any atom is -0.323 e. The minimum absolute atomic E-state index is 0.171. The first-order valence-corrected chi connectivity index (χ1v) is 6.62. The van der Waals surface area contributed by atoms with Crippen LogP contribution in [0.4, 0.5) is 0 Å². The SMILES string of the molecule is CCC(C)SCC(N)c1ccc(C)cc1. The second kappa shape index (κ2) is 6.19. The molecule has 0 bridgehead atoms. The van der Waals surface area contributed by atoms with Crippen LogP contribution in [-0.4, -0.2) is 11.0 Å². The van der Waals surface area contributed by atoms with Crippen molar-refractivity contribution in [3.63, 3.8) is 0 Å². The van der Waals surface area contributed by atoms with Crippen molar-refractivity contribution < 1.29 is 0 Å². The van der Waals surface area contributed by atoms with Crippen LogP contribution in [0.5, 0.6) is 0 Å². The third kappa shape index (κ3) is 4.27. The molecule has 0 saturated carbocycles. The summed E-state index contributed by atoms with van der Waals surface area (Å²) in [5, 5.41) is 0.710. The molecule has 15 heavy (non-hydrogen) atoms. The number of aryl methyl sites for hydroxylation is 1. The highest BCUT2D eigenvalue weighted by atomic mass is 32.2. The lowest BCUT2D eigenvalue weighted by molar-refractivity contribution is 0.820. The standard InChI is InChI=1S/C13H21NS/c1-4-11(3)15-9-13(14)12-7-5-10(2)6-8-12/h5-8,11,13H,4,9,14H2,1-3H3. The lowest BCUT2D eigenvalue weighted by Gasteiger charge is -2.14. The van der Waals surface area contributed by atoms with Gasteiger partial charge in [-0.2, -0.15) is 11.8 Å². The van der Waals surface area contributed by atoms with Gasteiger partial charge in [0.2, 0.25) is 0 Å². The predicted octanol–water partition coefficient (Wildman–Crippen LogP) is 3.53. The number of rotatable bonds is 5. The minimum atomic E-state index is 0.171. The molecule has 0 heterocycles. The van der Waals surface area contributed by atoms with E-state index in [4.69, 9.17) is 5.73 Å². The van der Waals surface area contributed by atoms with Crippen LogP contribution >= 0.6 is 11.8 Å². The van der Waals surface area contributed by atoms with E-state index in [2.05, 4.69) is 45.0 Å². The van der Waals surface area contributed by atoms with Crippen LogP contribution in [-0.2, 0) is 0 Å². The molecule has 0 fully saturated rings. The Morgan fingerprint density at radius 2 is 1.87 bits per heavy atom. The first-order chi connectivity index (χ1) is 7.13. The Morgan fingerprint density at radius 1 is 1.27 bits per heavy atom. The summed E-state index contributed by atoms with van der Waals surface area (Å²) < 4.78 is 0. The largest absolute Gasteiger partial charge is 0.323 e. The summed E-state index contributed by atoms with van der Waals surface area (Å²) in [5.74, 6) is 1.01. The zero-order valence-corrected chi connectivity index (χ0v) is 10.7. The Morgan fingerprint density at radius 3 is 2.40 bits per heavy atom. The third-order valence-corrected chi connectivity index (χ3v) is 4.09. The molecule has 1 rings (SSSR count). The lowest BCUT2D eigenvalue weighted by atomic mass is 10.1. The number of nitrogens with two attached hydrogens (primary N) is 1. The van der Waals surface area contributed by atoms with E-state index in [9.17, 15) is 0 Å². The highest BCUT2D eigenvalue weighted by Crippen LogP contribution is 2.21. The molecule has 2 N–H and O–H groups in total. The molecule has 0 radical (unpaired) electrons. The molecule has 1 aromatic carbocycles. The van der Waals surface area contributed by atoms with Crippen molar-refractivity contribution >= 4 is 11.8 Å². The summed E-state index contributed by atoms with van der Waals surface area (Å²) in [5.41, 5.74) is 8.67. The molecule has 84 valence electrons. The number of hydrogen-bond acceptors (Lipinski definition) is 2. The first-order valence-electron chi connectivity index (χ1n) is 5.57.